The topological polar surface area (TPSA) is 47.6 Å². The fourth-order valence-electron chi connectivity index (χ4n) is 2.22. The van der Waals surface area contributed by atoms with Crippen LogP contribution in [0.5, 0.6) is 11.5 Å². The van der Waals surface area contributed by atoms with Crippen LogP contribution in [0, 0.1) is 6.92 Å². The summed E-state index contributed by atoms with van der Waals surface area (Å²) in [6.45, 7) is 5.11. The first-order valence-electron chi connectivity index (χ1n) is 6.90. The maximum absolute atomic E-state index is 12.3. The average Bonchev–Trinajstić information content (AvgIpc) is 2.93. The molecule has 110 valence electrons. The molecule has 0 saturated heterocycles. The van der Waals surface area contributed by atoms with Crippen LogP contribution in [0.4, 0.5) is 0 Å². The monoisotopic (exact) mass is 303 g/mol. The van der Waals surface area contributed by atoms with Gasteiger partial charge in [-0.3, -0.25) is 4.79 Å². The number of thiophene rings is 1. The maximum atomic E-state index is 12.3. The molecule has 1 amide bonds. The summed E-state index contributed by atoms with van der Waals surface area (Å²) in [4.78, 5) is 14.7. The second-order valence-electron chi connectivity index (χ2n) is 5.00. The molecule has 0 fully saturated rings. The zero-order valence-corrected chi connectivity index (χ0v) is 12.8. The van der Waals surface area contributed by atoms with Gasteiger partial charge in [0.2, 0.25) is 0 Å². The van der Waals surface area contributed by atoms with Gasteiger partial charge in [-0.25, -0.2) is 0 Å². The summed E-state index contributed by atoms with van der Waals surface area (Å²) in [5, 5.41) is 3.01. The van der Waals surface area contributed by atoms with Gasteiger partial charge in [0.05, 0.1) is 6.04 Å². The van der Waals surface area contributed by atoms with Crippen molar-refractivity contribution in [3.63, 3.8) is 0 Å². The van der Waals surface area contributed by atoms with E-state index in [9.17, 15) is 4.79 Å². The summed E-state index contributed by atoms with van der Waals surface area (Å²) in [6, 6.07) is 9.38. The first-order valence-corrected chi connectivity index (χ1v) is 7.72. The first-order chi connectivity index (χ1) is 10.1. The largest absolute Gasteiger partial charge is 0.486 e. The summed E-state index contributed by atoms with van der Waals surface area (Å²) < 4.78 is 11.0. The van der Waals surface area contributed by atoms with Crippen LogP contribution in [-0.4, -0.2) is 19.1 Å². The van der Waals surface area contributed by atoms with E-state index in [1.165, 1.54) is 4.88 Å². The minimum absolute atomic E-state index is 0.00981. The Morgan fingerprint density at radius 3 is 2.67 bits per heavy atom. The highest BCUT2D eigenvalue weighted by Crippen LogP contribution is 2.31. The van der Waals surface area contributed by atoms with Gasteiger partial charge in [0, 0.05) is 15.3 Å². The molecule has 3 rings (SSSR count). The standard InChI is InChI=1S/C16H17NO3S/c1-10-3-6-15(21-10)11(2)17-16(18)12-4-5-13-14(9-12)20-8-7-19-13/h3-6,9,11H,7-8H2,1-2H3,(H,17,18). The lowest BCUT2D eigenvalue weighted by Crippen LogP contribution is -2.26. The fourth-order valence-corrected chi connectivity index (χ4v) is 3.10. The number of amides is 1. The Bertz CT molecular complexity index is 665. The molecule has 1 N–H and O–H groups in total. The van der Waals surface area contributed by atoms with Gasteiger partial charge in [-0.15, -0.1) is 11.3 Å². The van der Waals surface area contributed by atoms with Gasteiger partial charge in [0.25, 0.3) is 5.91 Å². The highest BCUT2D eigenvalue weighted by Gasteiger charge is 2.17. The lowest BCUT2D eigenvalue weighted by Gasteiger charge is -2.19. The summed E-state index contributed by atoms with van der Waals surface area (Å²) in [6.07, 6.45) is 0. The second kappa shape index (κ2) is 5.77. The number of fused-ring (bicyclic) bond motifs is 1. The van der Waals surface area contributed by atoms with Crippen molar-refractivity contribution in [1.29, 1.82) is 0 Å². The van der Waals surface area contributed by atoms with Crippen LogP contribution in [0.2, 0.25) is 0 Å². The van der Waals surface area contributed by atoms with Gasteiger partial charge >= 0.3 is 0 Å². The lowest BCUT2D eigenvalue weighted by molar-refractivity contribution is 0.0939. The predicted octanol–water partition coefficient (Wildman–Crippen LogP) is 3.32. The van der Waals surface area contributed by atoms with Crippen molar-refractivity contribution in [2.75, 3.05) is 13.2 Å². The maximum Gasteiger partial charge on any atom is 0.251 e. The fraction of sp³-hybridized carbons (Fsp3) is 0.312. The van der Waals surface area contributed by atoms with Crippen LogP contribution in [0.3, 0.4) is 0 Å². The van der Waals surface area contributed by atoms with Gasteiger partial charge < -0.3 is 14.8 Å². The van der Waals surface area contributed by atoms with E-state index in [-0.39, 0.29) is 11.9 Å². The van der Waals surface area contributed by atoms with Gasteiger partial charge in [0.1, 0.15) is 13.2 Å². The number of carbonyl (C=O) groups is 1. The van der Waals surface area contributed by atoms with E-state index in [2.05, 4.69) is 24.4 Å². The Kier molecular flexibility index (Phi) is 3.84. The quantitative estimate of drug-likeness (QED) is 0.946. The van der Waals surface area contributed by atoms with E-state index >= 15 is 0 Å². The number of nitrogens with one attached hydrogen (secondary N) is 1. The van der Waals surface area contributed by atoms with Crippen molar-refractivity contribution in [1.82, 2.24) is 5.32 Å². The van der Waals surface area contributed by atoms with Crippen molar-refractivity contribution in [2.24, 2.45) is 0 Å². The molecule has 1 aliphatic heterocycles. The summed E-state index contributed by atoms with van der Waals surface area (Å²) >= 11 is 1.70. The molecule has 2 heterocycles. The smallest absolute Gasteiger partial charge is 0.251 e. The molecule has 2 aromatic rings. The van der Waals surface area contributed by atoms with Gasteiger partial charge in [-0.1, -0.05) is 0 Å². The van der Waals surface area contributed by atoms with Crippen molar-refractivity contribution in [2.45, 2.75) is 19.9 Å². The molecule has 21 heavy (non-hydrogen) atoms. The molecule has 0 bridgehead atoms. The highest BCUT2D eigenvalue weighted by atomic mass is 32.1. The highest BCUT2D eigenvalue weighted by molar-refractivity contribution is 7.12. The molecule has 1 unspecified atom stereocenters. The van der Waals surface area contributed by atoms with Crippen LogP contribution < -0.4 is 14.8 Å². The van der Waals surface area contributed by atoms with E-state index in [4.69, 9.17) is 9.47 Å². The number of rotatable bonds is 3. The summed E-state index contributed by atoms with van der Waals surface area (Å²) in [5.41, 5.74) is 0.583. The number of carbonyl (C=O) groups excluding carboxylic acids is 1. The second-order valence-corrected chi connectivity index (χ2v) is 6.32. The van der Waals surface area contributed by atoms with Crippen molar-refractivity contribution < 1.29 is 14.3 Å². The number of ether oxygens (including phenoxy) is 2. The first kappa shape index (κ1) is 13.9. The van der Waals surface area contributed by atoms with Crippen LogP contribution in [0.25, 0.3) is 0 Å². The SMILES string of the molecule is Cc1ccc(C(C)NC(=O)c2ccc3c(c2)OCCO3)s1. The molecule has 1 aliphatic rings. The number of benzene rings is 1. The molecular weight excluding hydrogens is 286 g/mol. The third-order valence-electron chi connectivity index (χ3n) is 3.34. The minimum Gasteiger partial charge on any atom is -0.486 e. The van der Waals surface area contributed by atoms with E-state index in [0.29, 0.717) is 30.3 Å². The van der Waals surface area contributed by atoms with Gasteiger partial charge in [-0.05, 0) is 44.2 Å². The van der Waals surface area contributed by atoms with Crippen LogP contribution >= 0.6 is 11.3 Å². The molecular formula is C16H17NO3S. The Morgan fingerprint density at radius 2 is 1.95 bits per heavy atom. The molecule has 4 nitrogen and oxygen atoms in total. The van der Waals surface area contributed by atoms with Crippen molar-refractivity contribution in [3.05, 3.63) is 45.6 Å². The molecule has 1 aromatic carbocycles. The Morgan fingerprint density at radius 1 is 1.19 bits per heavy atom. The molecule has 0 spiro atoms. The zero-order valence-electron chi connectivity index (χ0n) is 12.0. The van der Waals surface area contributed by atoms with Gasteiger partial charge in [-0.2, -0.15) is 0 Å². The average molecular weight is 303 g/mol. The Balaban J connectivity index is 1.73. The van der Waals surface area contributed by atoms with Gasteiger partial charge in [0.15, 0.2) is 11.5 Å². The van der Waals surface area contributed by atoms with Crippen LogP contribution in [0.15, 0.2) is 30.3 Å². The van der Waals surface area contributed by atoms with E-state index in [1.807, 2.05) is 6.92 Å². The molecule has 5 heteroatoms. The zero-order chi connectivity index (χ0) is 14.8. The molecule has 1 atom stereocenters. The van der Waals surface area contributed by atoms with Crippen molar-refractivity contribution >= 4 is 17.2 Å². The normalized spacial score (nSPS) is 14.6. The van der Waals surface area contributed by atoms with E-state index in [1.54, 1.807) is 29.5 Å². The van der Waals surface area contributed by atoms with E-state index < -0.39 is 0 Å². The third kappa shape index (κ3) is 3.03. The number of aryl methyl sites for hydroxylation is 1. The Labute approximate surface area is 127 Å². The van der Waals surface area contributed by atoms with Crippen LogP contribution in [-0.2, 0) is 0 Å². The third-order valence-corrected chi connectivity index (χ3v) is 4.52. The molecule has 1 aromatic heterocycles. The Hall–Kier alpha value is -2.01. The van der Waals surface area contributed by atoms with E-state index in [0.717, 1.165) is 4.88 Å². The summed E-state index contributed by atoms with van der Waals surface area (Å²) in [5.74, 6) is 1.22. The summed E-state index contributed by atoms with van der Waals surface area (Å²) in [7, 11) is 0. The number of hydrogen-bond donors (Lipinski definition) is 1. The predicted molar refractivity (Wildman–Crippen MR) is 82.4 cm³/mol. The number of hydrogen-bond acceptors (Lipinski definition) is 4. The molecule has 0 radical (unpaired) electrons. The molecule has 0 saturated carbocycles. The minimum atomic E-state index is -0.106. The lowest BCUT2D eigenvalue weighted by atomic mass is 10.1. The van der Waals surface area contributed by atoms with Crippen LogP contribution in [0.1, 0.15) is 33.1 Å². The van der Waals surface area contributed by atoms with Crippen molar-refractivity contribution in [3.8, 4) is 11.5 Å². The molecule has 0 aliphatic carbocycles.